The SMILES string of the molecule is Cc1cn(-c2ccc3[nH]c(-c4nc5n(n4)CCCC5c4ccc(F)cc4C)cc3c2)cn1. The number of rotatable bonds is 3. The summed E-state index contributed by atoms with van der Waals surface area (Å²) in [5, 5.41) is 5.91. The normalized spacial score (nSPS) is 15.9. The Morgan fingerprint density at radius 2 is 2.00 bits per heavy atom. The van der Waals surface area contributed by atoms with Crippen LogP contribution in [-0.4, -0.2) is 29.3 Å². The monoisotopic (exact) mass is 426 g/mol. The zero-order chi connectivity index (χ0) is 21.8. The Kier molecular flexibility index (Phi) is 4.24. The largest absolute Gasteiger partial charge is 0.352 e. The lowest BCUT2D eigenvalue weighted by atomic mass is 9.88. The van der Waals surface area contributed by atoms with Crippen LogP contribution in [0, 0.1) is 19.7 Å². The molecule has 0 saturated carbocycles. The second kappa shape index (κ2) is 7.15. The van der Waals surface area contributed by atoms with Crippen LogP contribution in [0.2, 0.25) is 0 Å². The first-order chi connectivity index (χ1) is 15.5. The average Bonchev–Trinajstić information content (AvgIpc) is 3.50. The van der Waals surface area contributed by atoms with Gasteiger partial charge in [0.25, 0.3) is 0 Å². The second-order valence-corrected chi connectivity index (χ2v) is 8.59. The Labute approximate surface area is 184 Å². The van der Waals surface area contributed by atoms with E-state index in [9.17, 15) is 4.39 Å². The molecule has 0 aliphatic carbocycles. The molecule has 4 heterocycles. The molecule has 32 heavy (non-hydrogen) atoms. The van der Waals surface area contributed by atoms with Crippen LogP contribution < -0.4 is 0 Å². The molecule has 1 aliphatic rings. The highest BCUT2D eigenvalue weighted by Crippen LogP contribution is 2.35. The maximum Gasteiger partial charge on any atom is 0.197 e. The molecule has 0 spiro atoms. The number of fused-ring (bicyclic) bond motifs is 2. The number of halogens is 1. The number of hydrogen-bond acceptors (Lipinski definition) is 3. The van der Waals surface area contributed by atoms with E-state index >= 15 is 0 Å². The van der Waals surface area contributed by atoms with Gasteiger partial charge in [-0.25, -0.2) is 19.0 Å². The van der Waals surface area contributed by atoms with Crippen LogP contribution >= 0.6 is 0 Å². The number of hydrogen-bond donors (Lipinski definition) is 1. The molecule has 7 heteroatoms. The molecule has 0 amide bonds. The molecule has 5 aromatic rings. The van der Waals surface area contributed by atoms with Crippen molar-refractivity contribution in [2.75, 3.05) is 0 Å². The summed E-state index contributed by atoms with van der Waals surface area (Å²) >= 11 is 0. The predicted octanol–water partition coefficient (Wildman–Crippen LogP) is 5.29. The van der Waals surface area contributed by atoms with Crippen LogP contribution in [0.1, 0.15) is 41.4 Å². The lowest BCUT2D eigenvalue weighted by Crippen LogP contribution is -2.18. The lowest BCUT2D eigenvalue weighted by molar-refractivity contribution is 0.445. The van der Waals surface area contributed by atoms with Crippen LogP contribution in [0.25, 0.3) is 28.1 Å². The van der Waals surface area contributed by atoms with Crippen LogP contribution in [0.4, 0.5) is 4.39 Å². The van der Waals surface area contributed by atoms with Crippen molar-refractivity contribution >= 4 is 10.9 Å². The fourth-order valence-corrected chi connectivity index (χ4v) is 4.75. The van der Waals surface area contributed by atoms with Gasteiger partial charge in [-0.1, -0.05) is 6.07 Å². The molecule has 2 aromatic carbocycles. The van der Waals surface area contributed by atoms with Gasteiger partial charge in [0, 0.05) is 35.2 Å². The minimum absolute atomic E-state index is 0.131. The summed E-state index contributed by atoms with van der Waals surface area (Å²) in [6, 6.07) is 13.4. The third kappa shape index (κ3) is 3.12. The summed E-state index contributed by atoms with van der Waals surface area (Å²) in [5.41, 5.74) is 6.07. The Balaban J connectivity index is 1.39. The van der Waals surface area contributed by atoms with Gasteiger partial charge in [-0.3, -0.25) is 0 Å². The number of imidazole rings is 1. The Hall–Kier alpha value is -3.74. The van der Waals surface area contributed by atoms with Gasteiger partial charge in [0.1, 0.15) is 11.6 Å². The smallest absolute Gasteiger partial charge is 0.197 e. The van der Waals surface area contributed by atoms with E-state index in [1.54, 1.807) is 6.07 Å². The van der Waals surface area contributed by atoms with Crippen molar-refractivity contribution in [3.63, 3.8) is 0 Å². The molecule has 1 atom stereocenters. The number of nitrogens with zero attached hydrogens (tertiary/aromatic N) is 5. The van der Waals surface area contributed by atoms with Crippen molar-refractivity contribution < 1.29 is 4.39 Å². The molecule has 1 N–H and O–H groups in total. The van der Waals surface area contributed by atoms with E-state index in [2.05, 4.69) is 34.2 Å². The molecule has 6 nitrogen and oxygen atoms in total. The molecular weight excluding hydrogens is 403 g/mol. The molecule has 0 radical (unpaired) electrons. The highest BCUT2D eigenvalue weighted by Gasteiger charge is 2.27. The molecule has 160 valence electrons. The number of aromatic amines is 1. The predicted molar refractivity (Wildman–Crippen MR) is 121 cm³/mol. The van der Waals surface area contributed by atoms with E-state index in [0.717, 1.165) is 64.3 Å². The molecule has 1 aliphatic heterocycles. The molecule has 1 unspecified atom stereocenters. The quantitative estimate of drug-likeness (QED) is 0.426. The van der Waals surface area contributed by atoms with Gasteiger partial charge in [-0.15, -0.1) is 5.10 Å². The maximum absolute atomic E-state index is 13.6. The van der Waals surface area contributed by atoms with E-state index in [1.807, 2.05) is 41.7 Å². The Bertz CT molecular complexity index is 1460. The third-order valence-electron chi connectivity index (χ3n) is 6.34. The number of benzene rings is 2. The summed E-state index contributed by atoms with van der Waals surface area (Å²) in [5.74, 6) is 1.58. The van der Waals surface area contributed by atoms with Crippen LogP contribution in [0.15, 0.2) is 55.0 Å². The molecule has 3 aromatic heterocycles. The number of H-pyrrole nitrogens is 1. The topological polar surface area (TPSA) is 64.3 Å². The fourth-order valence-electron chi connectivity index (χ4n) is 4.75. The van der Waals surface area contributed by atoms with E-state index in [1.165, 1.54) is 6.07 Å². The lowest BCUT2D eigenvalue weighted by Gasteiger charge is -2.23. The average molecular weight is 426 g/mol. The fraction of sp³-hybridized carbons (Fsp3) is 0.240. The van der Waals surface area contributed by atoms with Gasteiger partial charge in [-0.05, 0) is 74.2 Å². The third-order valence-corrected chi connectivity index (χ3v) is 6.34. The van der Waals surface area contributed by atoms with E-state index in [-0.39, 0.29) is 11.7 Å². The molecular formula is C25H23FN6. The zero-order valence-electron chi connectivity index (χ0n) is 18.0. The van der Waals surface area contributed by atoms with Crippen molar-refractivity contribution in [1.82, 2.24) is 29.3 Å². The van der Waals surface area contributed by atoms with Gasteiger partial charge in [-0.2, -0.15) is 0 Å². The summed E-state index contributed by atoms with van der Waals surface area (Å²) in [4.78, 5) is 12.7. The van der Waals surface area contributed by atoms with E-state index < -0.39 is 0 Å². The van der Waals surface area contributed by atoms with E-state index in [0.29, 0.717) is 5.82 Å². The Morgan fingerprint density at radius 1 is 1.09 bits per heavy atom. The first-order valence-electron chi connectivity index (χ1n) is 10.9. The van der Waals surface area contributed by atoms with Gasteiger partial charge in [0.2, 0.25) is 0 Å². The van der Waals surface area contributed by atoms with Crippen molar-refractivity contribution in [1.29, 1.82) is 0 Å². The standard InChI is InChI=1S/C25H23FN6/c1-15-10-18(26)5-7-20(15)21-4-3-9-32-25(21)29-24(30-32)23-12-17-11-19(6-8-22(17)28-23)31-13-16(2)27-14-31/h5-8,10-14,21,28H,3-4,9H2,1-2H3. The van der Waals surface area contributed by atoms with Crippen molar-refractivity contribution in [3.05, 3.63) is 83.5 Å². The first-order valence-corrected chi connectivity index (χ1v) is 10.9. The molecule has 0 saturated heterocycles. The summed E-state index contributed by atoms with van der Waals surface area (Å²) in [6.45, 7) is 4.80. The zero-order valence-corrected chi connectivity index (χ0v) is 18.0. The minimum atomic E-state index is -0.201. The van der Waals surface area contributed by atoms with E-state index in [4.69, 9.17) is 10.1 Å². The van der Waals surface area contributed by atoms with Crippen LogP contribution in [-0.2, 0) is 6.54 Å². The Morgan fingerprint density at radius 3 is 2.81 bits per heavy atom. The maximum atomic E-state index is 13.6. The van der Waals surface area contributed by atoms with Gasteiger partial charge in [0.15, 0.2) is 5.82 Å². The van der Waals surface area contributed by atoms with Crippen molar-refractivity contribution in [2.45, 2.75) is 39.2 Å². The second-order valence-electron chi connectivity index (χ2n) is 8.59. The minimum Gasteiger partial charge on any atom is -0.352 e. The van der Waals surface area contributed by atoms with Crippen LogP contribution in [0.5, 0.6) is 0 Å². The summed E-state index contributed by atoms with van der Waals surface area (Å²) < 4.78 is 17.7. The van der Waals surface area contributed by atoms with Gasteiger partial charge < -0.3 is 9.55 Å². The number of aryl methyl sites for hydroxylation is 3. The van der Waals surface area contributed by atoms with Crippen molar-refractivity contribution in [3.8, 4) is 17.2 Å². The molecule has 6 rings (SSSR count). The highest BCUT2D eigenvalue weighted by atomic mass is 19.1. The van der Waals surface area contributed by atoms with Gasteiger partial charge in [0.05, 0.1) is 17.7 Å². The van der Waals surface area contributed by atoms with Crippen molar-refractivity contribution in [2.24, 2.45) is 0 Å². The summed E-state index contributed by atoms with van der Waals surface area (Å²) in [6.07, 6.45) is 5.85. The summed E-state index contributed by atoms with van der Waals surface area (Å²) in [7, 11) is 0. The molecule has 0 fully saturated rings. The number of nitrogens with one attached hydrogen (secondary N) is 1. The first kappa shape index (κ1) is 19.0. The highest BCUT2D eigenvalue weighted by molar-refractivity contribution is 5.86. The molecule has 0 bridgehead atoms. The number of aromatic nitrogens is 6. The van der Waals surface area contributed by atoms with Gasteiger partial charge >= 0.3 is 0 Å². The van der Waals surface area contributed by atoms with Crippen LogP contribution in [0.3, 0.4) is 0 Å².